The second-order valence-corrected chi connectivity index (χ2v) is 6.74. The summed E-state index contributed by atoms with van der Waals surface area (Å²) in [6.45, 7) is 2.58. The van der Waals surface area contributed by atoms with Gasteiger partial charge in [-0.15, -0.1) is 0 Å². The molecule has 8 heteroatoms. The zero-order valence-electron chi connectivity index (χ0n) is 13.9. The van der Waals surface area contributed by atoms with Gasteiger partial charge in [-0.3, -0.25) is 4.98 Å². The maximum absolute atomic E-state index is 6.18. The number of pyridine rings is 1. The number of hydrogen-bond donors (Lipinski definition) is 2. The molecule has 1 fully saturated rings. The zero-order chi connectivity index (χ0) is 17.5. The Morgan fingerprint density at radius 2 is 2.00 bits per heavy atom. The quantitative estimate of drug-likeness (QED) is 0.626. The van der Waals surface area contributed by atoms with Gasteiger partial charge in [0, 0.05) is 38.1 Å². The number of rotatable bonds is 4. The van der Waals surface area contributed by atoms with Gasteiger partial charge in [-0.25, -0.2) is 4.98 Å². The highest BCUT2D eigenvalue weighted by molar-refractivity contribution is 7.80. The SMILES string of the molecule is S=C(NCc1cccnc1)Nc1nc(Cl)cc(N2CCCCCC2)n1. The molecule has 2 aromatic rings. The number of aromatic nitrogens is 3. The van der Waals surface area contributed by atoms with Crippen LogP contribution in [0.25, 0.3) is 0 Å². The summed E-state index contributed by atoms with van der Waals surface area (Å²) < 4.78 is 0. The normalized spacial score (nSPS) is 14.7. The molecule has 2 aromatic heterocycles. The largest absolute Gasteiger partial charge is 0.358 e. The monoisotopic (exact) mass is 376 g/mol. The third-order valence-corrected chi connectivity index (χ3v) is 4.45. The van der Waals surface area contributed by atoms with E-state index in [0.717, 1.165) is 24.5 Å². The number of nitrogens with zero attached hydrogens (tertiary/aromatic N) is 4. The molecule has 3 rings (SSSR count). The first kappa shape index (κ1) is 17.8. The van der Waals surface area contributed by atoms with Gasteiger partial charge in [-0.2, -0.15) is 4.98 Å². The van der Waals surface area contributed by atoms with E-state index in [1.165, 1.54) is 25.7 Å². The molecule has 3 heterocycles. The van der Waals surface area contributed by atoms with E-state index in [1.54, 1.807) is 12.4 Å². The van der Waals surface area contributed by atoms with Crippen LogP contribution in [-0.4, -0.2) is 33.2 Å². The van der Waals surface area contributed by atoms with Crippen molar-refractivity contribution in [2.24, 2.45) is 0 Å². The average molecular weight is 377 g/mol. The first-order chi connectivity index (χ1) is 12.2. The Hall–Kier alpha value is -1.99. The van der Waals surface area contributed by atoms with Crippen molar-refractivity contribution in [3.8, 4) is 0 Å². The second kappa shape index (κ2) is 8.92. The van der Waals surface area contributed by atoms with E-state index in [-0.39, 0.29) is 0 Å². The van der Waals surface area contributed by atoms with Crippen LogP contribution in [0, 0.1) is 0 Å². The van der Waals surface area contributed by atoms with E-state index in [0.29, 0.717) is 22.8 Å². The molecule has 132 valence electrons. The van der Waals surface area contributed by atoms with E-state index in [9.17, 15) is 0 Å². The van der Waals surface area contributed by atoms with Crippen molar-refractivity contribution >= 4 is 40.7 Å². The third-order valence-electron chi connectivity index (χ3n) is 4.01. The van der Waals surface area contributed by atoms with Gasteiger partial charge in [0.05, 0.1) is 0 Å². The predicted molar refractivity (Wildman–Crippen MR) is 105 cm³/mol. The number of nitrogens with one attached hydrogen (secondary N) is 2. The molecular weight excluding hydrogens is 356 g/mol. The lowest BCUT2D eigenvalue weighted by atomic mass is 10.2. The summed E-state index contributed by atoms with van der Waals surface area (Å²) in [6.07, 6.45) is 8.42. The predicted octanol–water partition coefficient (Wildman–Crippen LogP) is 3.39. The summed E-state index contributed by atoms with van der Waals surface area (Å²) in [6, 6.07) is 5.68. The van der Waals surface area contributed by atoms with Crippen molar-refractivity contribution in [1.29, 1.82) is 0 Å². The highest BCUT2D eigenvalue weighted by Gasteiger charge is 2.14. The van der Waals surface area contributed by atoms with Crippen molar-refractivity contribution in [2.45, 2.75) is 32.2 Å². The third kappa shape index (κ3) is 5.51. The van der Waals surface area contributed by atoms with Gasteiger partial charge in [-0.05, 0) is 36.7 Å². The summed E-state index contributed by atoms with van der Waals surface area (Å²) in [5.41, 5.74) is 1.05. The van der Waals surface area contributed by atoms with Crippen molar-refractivity contribution < 1.29 is 0 Å². The van der Waals surface area contributed by atoms with Crippen LogP contribution in [0.4, 0.5) is 11.8 Å². The fourth-order valence-corrected chi connectivity index (χ4v) is 3.10. The Balaban J connectivity index is 1.62. The molecular formula is C17H21ClN6S. The summed E-state index contributed by atoms with van der Waals surface area (Å²) in [7, 11) is 0. The molecule has 0 bridgehead atoms. The lowest BCUT2D eigenvalue weighted by Crippen LogP contribution is -2.30. The van der Waals surface area contributed by atoms with Crippen LogP contribution >= 0.6 is 23.8 Å². The topological polar surface area (TPSA) is 66.0 Å². The van der Waals surface area contributed by atoms with E-state index in [2.05, 4.69) is 30.5 Å². The Labute approximate surface area is 158 Å². The average Bonchev–Trinajstić information content (AvgIpc) is 2.90. The Kier molecular flexibility index (Phi) is 6.36. The zero-order valence-corrected chi connectivity index (χ0v) is 15.5. The molecule has 0 radical (unpaired) electrons. The van der Waals surface area contributed by atoms with Gasteiger partial charge in [0.25, 0.3) is 0 Å². The molecule has 0 saturated carbocycles. The molecule has 0 atom stereocenters. The molecule has 2 N–H and O–H groups in total. The smallest absolute Gasteiger partial charge is 0.232 e. The molecule has 0 amide bonds. The molecule has 0 spiro atoms. The summed E-state index contributed by atoms with van der Waals surface area (Å²) in [5.74, 6) is 1.26. The minimum Gasteiger partial charge on any atom is -0.358 e. The van der Waals surface area contributed by atoms with Crippen LogP contribution in [0.2, 0.25) is 5.15 Å². The number of halogens is 1. The van der Waals surface area contributed by atoms with Gasteiger partial charge >= 0.3 is 0 Å². The fraction of sp³-hybridized carbons (Fsp3) is 0.412. The lowest BCUT2D eigenvalue weighted by Gasteiger charge is -2.22. The number of hydrogen-bond acceptors (Lipinski definition) is 5. The standard InChI is InChI=1S/C17H21ClN6S/c18-14-10-15(24-8-3-1-2-4-9-24)22-16(21-14)23-17(25)20-12-13-6-5-7-19-11-13/h5-7,10-11H,1-4,8-9,12H2,(H2,20,21,22,23,25). The lowest BCUT2D eigenvalue weighted by molar-refractivity contribution is 0.726. The van der Waals surface area contributed by atoms with Gasteiger partial charge in [0.1, 0.15) is 11.0 Å². The van der Waals surface area contributed by atoms with Crippen LogP contribution in [0.15, 0.2) is 30.6 Å². The number of thiocarbonyl (C=S) groups is 1. The summed E-state index contributed by atoms with van der Waals surface area (Å²) in [5, 5.41) is 7.00. The van der Waals surface area contributed by atoms with E-state index in [1.807, 2.05) is 18.2 Å². The van der Waals surface area contributed by atoms with Gasteiger partial charge in [0.15, 0.2) is 5.11 Å². The summed E-state index contributed by atoms with van der Waals surface area (Å²) >= 11 is 11.5. The molecule has 0 aromatic carbocycles. The van der Waals surface area contributed by atoms with E-state index in [4.69, 9.17) is 23.8 Å². The van der Waals surface area contributed by atoms with Crippen LogP contribution < -0.4 is 15.5 Å². The Morgan fingerprint density at radius 1 is 1.20 bits per heavy atom. The van der Waals surface area contributed by atoms with Crippen LogP contribution in [0.5, 0.6) is 0 Å². The molecule has 0 unspecified atom stereocenters. The minimum atomic E-state index is 0.409. The molecule has 1 aliphatic heterocycles. The maximum Gasteiger partial charge on any atom is 0.232 e. The maximum atomic E-state index is 6.18. The van der Waals surface area contributed by atoms with Gasteiger partial charge < -0.3 is 15.5 Å². The fourth-order valence-electron chi connectivity index (χ4n) is 2.75. The van der Waals surface area contributed by atoms with Crippen molar-refractivity contribution in [2.75, 3.05) is 23.3 Å². The van der Waals surface area contributed by atoms with E-state index >= 15 is 0 Å². The van der Waals surface area contributed by atoms with Gasteiger partial charge in [0.2, 0.25) is 5.95 Å². The van der Waals surface area contributed by atoms with Crippen molar-refractivity contribution in [3.05, 3.63) is 41.3 Å². The van der Waals surface area contributed by atoms with Crippen LogP contribution in [-0.2, 0) is 6.54 Å². The Bertz CT molecular complexity index is 704. The summed E-state index contributed by atoms with van der Waals surface area (Å²) in [4.78, 5) is 15.1. The highest BCUT2D eigenvalue weighted by atomic mass is 35.5. The highest BCUT2D eigenvalue weighted by Crippen LogP contribution is 2.21. The van der Waals surface area contributed by atoms with Crippen LogP contribution in [0.3, 0.4) is 0 Å². The van der Waals surface area contributed by atoms with Crippen LogP contribution in [0.1, 0.15) is 31.2 Å². The Morgan fingerprint density at radius 3 is 2.72 bits per heavy atom. The molecule has 25 heavy (non-hydrogen) atoms. The van der Waals surface area contributed by atoms with Gasteiger partial charge in [-0.1, -0.05) is 30.5 Å². The first-order valence-corrected chi connectivity index (χ1v) is 9.22. The number of anilines is 2. The van der Waals surface area contributed by atoms with Crippen molar-refractivity contribution in [3.63, 3.8) is 0 Å². The minimum absolute atomic E-state index is 0.409. The molecule has 1 saturated heterocycles. The molecule has 1 aliphatic rings. The van der Waals surface area contributed by atoms with Crippen molar-refractivity contribution in [1.82, 2.24) is 20.3 Å². The molecule has 0 aliphatic carbocycles. The van der Waals surface area contributed by atoms with E-state index < -0.39 is 0 Å². The molecule has 6 nitrogen and oxygen atoms in total. The second-order valence-electron chi connectivity index (χ2n) is 5.94. The first-order valence-electron chi connectivity index (χ1n) is 8.44.